The van der Waals surface area contributed by atoms with E-state index in [1.165, 1.54) is 30.2 Å². The van der Waals surface area contributed by atoms with Crippen molar-refractivity contribution < 1.29 is 14.5 Å². The van der Waals surface area contributed by atoms with Gasteiger partial charge in [0.25, 0.3) is 5.69 Å². The van der Waals surface area contributed by atoms with Crippen LogP contribution in [0.25, 0.3) is 0 Å². The van der Waals surface area contributed by atoms with Gasteiger partial charge in [-0.2, -0.15) is 0 Å². The standard InChI is InChI=1S/C18H21N3O4S/c1-12(20-9-3-5-15(20)17-6-4-10-26-17)18(22)19-14-11-13(21(23)24)7-8-16(14)25-2/h4,6-8,10-12,15H,3,5,9H2,1-2H3,(H,19,22). The Balaban J connectivity index is 1.77. The molecule has 2 atom stereocenters. The van der Waals surface area contributed by atoms with Gasteiger partial charge in [-0.1, -0.05) is 6.07 Å². The third-order valence-corrected chi connectivity index (χ3v) is 5.67. The second-order valence-electron chi connectivity index (χ2n) is 6.22. The maximum Gasteiger partial charge on any atom is 0.271 e. The number of ether oxygens (including phenoxy) is 1. The van der Waals surface area contributed by atoms with Crippen LogP contribution in [-0.4, -0.2) is 35.4 Å². The molecule has 0 radical (unpaired) electrons. The first-order valence-corrected chi connectivity index (χ1v) is 9.31. The topological polar surface area (TPSA) is 84.7 Å². The van der Waals surface area contributed by atoms with Crippen LogP contribution < -0.4 is 10.1 Å². The number of carbonyl (C=O) groups is 1. The number of nitro benzene ring substituents is 1. The molecule has 1 aliphatic heterocycles. The molecule has 0 aliphatic carbocycles. The zero-order valence-corrected chi connectivity index (χ0v) is 15.5. The quantitative estimate of drug-likeness (QED) is 0.613. The summed E-state index contributed by atoms with van der Waals surface area (Å²) in [5.41, 5.74) is 0.219. The van der Waals surface area contributed by atoms with Gasteiger partial charge in [0.2, 0.25) is 5.91 Å². The van der Waals surface area contributed by atoms with E-state index in [4.69, 9.17) is 4.74 Å². The molecule has 1 N–H and O–H groups in total. The van der Waals surface area contributed by atoms with Gasteiger partial charge in [-0.25, -0.2) is 0 Å². The Morgan fingerprint density at radius 3 is 2.92 bits per heavy atom. The highest BCUT2D eigenvalue weighted by molar-refractivity contribution is 7.10. The smallest absolute Gasteiger partial charge is 0.271 e. The van der Waals surface area contributed by atoms with Gasteiger partial charge in [0.05, 0.1) is 23.8 Å². The molecule has 2 aromatic rings. The monoisotopic (exact) mass is 375 g/mol. The van der Waals surface area contributed by atoms with Crippen LogP contribution in [-0.2, 0) is 4.79 Å². The molecule has 1 aliphatic rings. The lowest BCUT2D eigenvalue weighted by molar-refractivity contribution is -0.384. The minimum atomic E-state index is -0.494. The van der Waals surface area contributed by atoms with E-state index in [9.17, 15) is 14.9 Å². The van der Waals surface area contributed by atoms with Gasteiger partial charge in [0, 0.05) is 23.1 Å². The minimum Gasteiger partial charge on any atom is -0.495 e. The molecule has 1 saturated heterocycles. The van der Waals surface area contributed by atoms with Crippen LogP contribution in [0.3, 0.4) is 0 Å². The number of thiophene rings is 1. The van der Waals surface area contributed by atoms with Gasteiger partial charge < -0.3 is 10.1 Å². The zero-order valence-electron chi connectivity index (χ0n) is 14.7. The number of hydrogen-bond donors (Lipinski definition) is 1. The van der Waals surface area contributed by atoms with E-state index in [0.717, 1.165) is 19.4 Å². The number of rotatable bonds is 6. The number of hydrogen-bond acceptors (Lipinski definition) is 6. The van der Waals surface area contributed by atoms with Crippen molar-refractivity contribution in [1.29, 1.82) is 0 Å². The molecule has 0 saturated carbocycles. The van der Waals surface area contributed by atoms with E-state index in [2.05, 4.69) is 16.3 Å². The summed E-state index contributed by atoms with van der Waals surface area (Å²) >= 11 is 1.70. The Morgan fingerprint density at radius 2 is 2.27 bits per heavy atom. The number of benzene rings is 1. The van der Waals surface area contributed by atoms with Crippen LogP contribution in [0.1, 0.15) is 30.7 Å². The van der Waals surface area contributed by atoms with Crippen molar-refractivity contribution in [3.8, 4) is 5.75 Å². The predicted molar refractivity (Wildman–Crippen MR) is 101 cm³/mol. The number of amides is 1. The first kappa shape index (κ1) is 18.3. The van der Waals surface area contributed by atoms with Gasteiger partial charge in [-0.05, 0) is 43.8 Å². The van der Waals surface area contributed by atoms with E-state index in [1.807, 2.05) is 18.4 Å². The van der Waals surface area contributed by atoms with Gasteiger partial charge in [-0.15, -0.1) is 11.3 Å². The van der Waals surface area contributed by atoms with Crippen LogP contribution in [0.2, 0.25) is 0 Å². The second kappa shape index (κ2) is 7.84. The number of nitrogens with zero attached hydrogens (tertiary/aromatic N) is 2. The summed E-state index contributed by atoms with van der Waals surface area (Å²) in [4.78, 5) is 26.7. The molecule has 1 aromatic heterocycles. The summed E-state index contributed by atoms with van der Waals surface area (Å²) < 4.78 is 5.22. The molecule has 2 unspecified atom stereocenters. The van der Waals surface area contributed by atoms with Crippen LogP contribution >= 0.6 is 11.3 Å². The lowest BCUT2D eigenvalue weighted by Gasteiger charge is -2.29. The van der Waals surface area contributed by atoms with Gasteiger partial charge in [0.15, 0.2) is 0 Å². The maximum absolute atomic E-state index is 12.8. The molecule has 2 heterocycles. The zero-order chi connectivity index (χ0) is 18.7. The van der Waals surface area contributed by atoms with E-state index in [0.29, 0.717) is 11.4 Å². The molecule has 1 amide bonds. The first-order chi connectivity index (χ1) is 12.5. The summed E-state index contributed by atoms with van der Waals surface area (Å²) in [6, 6.07) is 8.17. The summed E-state index contributed by atoms with van der Waals surface area (Å²) in [5, 5.41) is 15.8. The molecule has 0 bridgehead atoms. The van der Waals surface area contributed by atoms with Crippen molar-refractivity contribution in [2.75, 3.05) is 19.0 Å². The molecule has 1 aromatic carbocycles. The summed E-state index contributed by atoms with van der Waals surface area (Å²) in [7, 11) is 1.47. The van der Waals surface area contributed by atoms with Gasteiger partial charge >= 0.3 is 0 Å². The van der Waals surface area contributed by atoms with Crippen molar-refractivity contribution in [1.82, 2.24) is 4.90 Å². The van der Waals surface area contributed by atoms with Gasteiger partial charge in [0.1, 0.15) is 5.75 Å². The van der Waals surface area contributed by atoms with E-state index < -0.39 is 4.92 Å². The van der Waals surface area contributed by atoms with Crippen molar-refractivity contribution in [2.45, 2.75) is 31.8 Å². The lowest BCUT2D eigenvalue weighted by atomic mass is 10.1. The third kappa shape index (κ3) is 3.71. The van der Waals surface area contributed by atoms with Crippen molar-refractivity contribution in [3.63, 3.8) is 0 Å². The molecule has 0 spiro atoms. The highest BCUT2D eigenvalue weighted by Crippen LogP contribution is 2.36. The lowest BCUT2D eigenvalue weighted by Crippen LogP contribution is -2.41. The van der Waals surface area contributed by atoms with Crippen molar-refractivity contribution in [3.05, 3.63) is 50.7 Å². The van der Waals surface area contributed by atoms with E-state index in [-0.39, 0.29) is 23.7 Å². The molecule has 3 rings (SSSR count). The van der Waals surface area contributed by atoms with E-state index >= 15 is 0 Å². The second-order valence-corrected chi connectivity index (χ2v) is 7.20. The number of nitrogens with one attached hydrogen (secondary N) is 1. The normalized spacial score (nSPS) is 18.5. The molecule has 1 fully saturated rings. The number of likely N-dealkylation sites (tertiary alicyclic amines) is 1. The van der Waals surface area contributed by atoms with Crippen molar-refractivity contribution in [2.24, 2.45) is 0 Å². The molecule has 8 heteroatoms. The molecular formula is C18H21N3O4S. The fraction of sp³-hybridized carbons (Fsp3) is 0.389. The summed E-state index contributed by atoms with van der Waals surface area (Å²) in [6.45, 7) is 2.72. The fourth-order valence-electron chi connectivity index (χ4n) is 3.33. The summed E-state index contributed by atoms with van der Waals surface area (Å²) in [6.07, 6.45) is 2.07. The average molecular weight is 375 g/mol. The highest BCUT2D eigenvalue weighted by atomic mass is 32.1. The Bertz CT molecular complexity index is 794. The van der Waals surface area contributed by atoms with Crippen LogP contribution in [0.15, 0.2) is 35.7 Å². The largest absolute Gasteiger partial charge is 0.495 e. The van der Waals surface area contributed by atoms with Crippen LogP contribution in [0.5, 0.6) is 5.75 Å². The molecular weight excluding hydrogens is 354 g/mol. The Hall–Kier alpha value is -2.45. The maximum atomic E-state index is 12.8. The van der Waals surface area contributed by atoms with Crippen LogP contribution in [0.4, 0.5) is 11.4 Å². The number of carbonyl (C=O) groups excluding carboxylic acids is 1. The SMILES string of the molecule is COc1ccc([N+](=O)[O-])cc1NC(=O)C(C)N1CCCC1c1cccs1. The van der Waals surface area contributed by atoms with Gasteiger partial charge in [-0.3, -0.25) is 19.8 Å². The minimum absolute atomic E-state index is 0.0913. The Morgan fingerprint density at radius 1 is 1.46 bits per heavy atom. The Kier molecular flexibility index (Phi) is 5.53. The number of non-ortho nitro benzene ring substituents is 1. The predicted octanol–water partition coefficient (Wildman–Crippen LogP) is 3.83. The summed E-state index contributed by atoms with van der Waals surface area (Å²) in [5.74, 6) is 0.194. The average Bonchev–Trinajstić information content (AvgIpc) is 3.31. The van der Waals surface area contributed by atoms with E-state index in [1.54, 1.807) is 11.3 Å². The van der Waals surface area contributed by atoms with Crippen LogP contribution in [0, 0.1) is 10.1 Å². The number of anilines is 1. The molecule has 26 heavy (non-hydrogen) atoms. The third-order valence-electron chi connectivity index (χ3n) is 4.69. The number of nitro groups is 1. The molecule has 138 valence electrons. The van der Waals surface area contributed by atoms with Crippen molar-refractivity contribution >= 4 is 28.6 Å². The first-order valence-electron chi connectivity index (χ1n) is 8.43. The molecule has 7 nitrogen and oxygen atoms in total. The fourth-order valence-corrected chi connectivity index (χ4v) is 4.22. The number of methoxy groups -OCH3 is 1. The highest BCUT2D eigenvalue weighted by Gasteiger charge is 2.33. The Labute approximate surface area is 155 Å².